The van der Waals surface area contributed by atoms with Gasteiger partial charge in [-0.25, -0.2) is 0 Å². The van der Waals surface area contributed by atoms with Gasteiger partial charge in [-0.2, -0.15) is 0 Å². The summed E-state index contributed by atoms with van der Waals surface area (Å²) >= 11 is 0. The van der Waals surface area contributed by atoms with Crippen LogP contribution in [0.15, 0.2) is 12.2 Å². The van der Waals surface area contributed by atoms with E-state index in [0.717, 1.165) is 42.3 Å². The molecule has 0 saturated heterocycles. The van der Waals surface area contributed by atoms with E-state index in [0.29, 0.717) is 5.92 Å². The lowest BCUT2D eigenvalue weighted by atomic mass is 9.77. The van der Waals surface area contributed by atoms with Crippen molar-refractivity contribution in [2.45, 2.75) is 97.3 Å². The normalized spacial score (nSPS) is 29.2. The molecule has 144 valence electrons. The molecule has 2 aliphatic carbocycles. The maximum absolute atomic E-state index is 10.5. The van der Waals surface area contributed by atoms with Crippen LogP contribution in [0.25, 0.3) is 0 Å². The third-order valence-electron chi connectivity index (χ3n) is 6.31. The monoisotopic (exact) mass is 348 g/mol. The highest BCUT2D eigenvalue weighted by molar-refractivity contribution is 5.72. The summed E-state index contributed by atoms with van der Waals surface area (Å²) in [6, 6.07) is 0. The van der Waals surface area contributed by atoms with Crippen molar-refractivity contribution in [3.05, 3.63) is 12.2 Å². The largest absolute Gasteiger partial charge is 0.303 e. The fraction of sp³-hybridized carbons (Fsp3) is 0.826. The Morgan fingerprint density at radius 3 is 1.64 bits per heavy atom. The van der Waals surface area contributed by atoms with Crippen molar-refractivity contribution < 1.29 is 9.59 Å². The SMILES string of the molecule is C=C(C=O)C1CCC(CCC)CC1.CCCC1CCC(CC=O)CC1. The van der Waals surface area contributed by atoms with E-state index >= 15 is 0 Å². The smallest absolute Gasteiger partial charge is 0.145 e. The average Bonchev–Trinajstić information content (AvgIpc) is 2.65. The van der Waals surface area contributed by atoms with Gasteiger partial charge in [-0.3, -0.25) is 4.79 Å². The summed E-state index contributed by atoms with van der Waals surface area (Å²) in [6.45, 7) is 8.31. The highest BCUT2D eigenvalue weighted by Gasteiger charge is 2.22. The summed E-state index contributed by atoms with van der Waals surface area (Å²) in [4.78, 5) is 20.8. The minimum Gasteiger partial charge on any atom is -0.303 e. The van der Waals surface area contributed by atoms with E-state index in [4.69, 9.17) is 0 Å². The first-order valence-corrected chi connectivity index (χ1v) is 10.7. The van der Waals surface area contributed by atoms with Gasteiger partial charge in [0.15, 0.2) is 0 Å². The second-order valence-electron chi connectivity index (χ2n) is 8.28. The van der Waals surface area contributed by atoms with Crippen molar-refractivity contribution in [3.63, 3.8) is 0 Å². The molecule has 0 aromatic heterocycles. The number of aldehydes is 2. The molecule has 2 fully saturated rings. The van der Waals surface area contributed by atoms with E-state index < -0.39 is 0 Å². The van der Waals surface area contributed by atoms with Crippen LogP contribution in [0.1, 0.15) is 97.3 Å². The Morgan fingerprint density at radius 1 is 0.800 bits per heavy atom. The van der Waals surface area contributed by atoms with Gasteiger partial charge in [-0.1, -0.05) is 59.0 Å². The van der Waals surface area contributed by atoms with Crippen LogP contribution >= 0.6 is 0 Å². The quantitative estimate of drug-likeness (QED) is 0.369. The zero-order valence-electron chi connectivity index (χ0n) is 16.7. The van der Waals surface area contributed by atoms with E-state index in [-0.39, 0.29) is 0 Å². The van der Waals surface area contributed by atoms with Gasteiger partial charge in [0.2, 0.25) is 0 Å². The van der Waals surface area contributed by atoms with Crippen molar-refractivity contribution >= 4 is 12.6 Å². The third-order valence-corrected chi connectivity index (χ3v) is 6.31. The maximum Gasteiger partial charge on any atom is 0.145 e. The summed E-state index contributed by atoms with van der Waals surface area (Å²) in [5.74, 6) is 3.10. The van der Waals surface area contributed by atoms with Gasteiger partial charge in [-0.05, 0) is 67.8 Å². The van der Waals surface area contributed by atoms with Gasteiger partial charge in [0.25, 0.3) is 0 Å². The standard InChI is InChI=1S/C12H20O.C11H20O/c1-3-4-11-5-7-12(8-6-11)10(2)9-13;1-2-3-10-4-6-11(7-5-10)8-9-12/h9,11-12H,2-8H2,1H3;9-11H,2-8H2,1H3. The Kier molecular flexibility index (Phi) is 11.8. The van der Waals surface area contributed by atoms with E-state index in [2.05, 4.69) is 20.4 Å². The third kappa shape index (κ3) is 8.83. The zero-order chi connectivity index (χ0) is 18.5. The lowest BCUT2D eigenvalue weighted by Crippen LogP contribution is -2.16. The van der Waals surface area contributed by atoms with Crippen LogP contribution in [0.3, 0.4) is 0 Å². The van der Waals surface area contributed by atoms with Crippen LogP contribution in [0.2, 0.25) is 0 Å². The molecule has 0 unspecified atom stereocenters. The Bertz CT molecular complexity index is 372. The van der Waals surface area contributed by atoms with Crippen molar-refractivity contribution in [1.82, 2.24) is 0 Å². The molecule has 2 heteroatoms. The van der Waals surface area contributed by atoms with E-state index in [1.165, 1.54) is 77.0 Å². The molecule has 2 saturated carbocycles. The van der Waals surface area contributed by atoms with Gasteiger partial charge in [0, 0.05) is 6.42 Å². The fourth-order valence-electron chi connectivity index (χ4n) is 4.63. The first kappa shape index (κ1) is 22.1. The minimum atomic E-state index is 0.491. The summed E-state index contributed by atoms with van der Waals surface area (Å²) < 4.78 is 0. The molecule has 0 aliphatic heterocycles. The van der Waals surface area contributed by atoms with Crippen molar-refractivity contribution in [2.24, 2.45) is 23.7 Å². The predicted octanol–water partition coefficient (Wildman–Crippen LogP) is 6.53. The van der Waals surface area contributed by atoms with E-state index in [1.54, 1.807) is 0 Å². The van der Waals surface area contributed by atoms with Crippen LogP contribution < -0.4 is 0 Å². The van der Waals surface area contributed by atoms with Crippen LogP contribution in [-0.4, -0.2) is 12.6 Å². The Labute approximate surface area is 155 Å². The minimum absolute atomic E-state index is 0.491. The molecule has 0 heterocycles. The number of allylic oxidation sites excluding steroid dienone is 1. The first-order chi connectivity index (χ1) is 12.1. The van der Waals surface area contributed by atoms with Gasteiger partial charge in [-0.15, -0.1) is 0 Å². The van der Waals surface area contributed by atoms with Crippen LogP contribution in [0.4, 0.5) is 0 Å². The Morgan fingerprint density at radius 2 is 1.24 bits per heavy atom. The molecular formula is C23H40O2. The molecule has 2 aliphatic rings. The number of rotatable bonds is 8. The molecule has 0 aromatic carbocycles. The molecule has 0 amide bonds. The van der Waals surface area contributed by atoms with Crippen LogP contribution in [0.5, 0.6) is 0 Å². The number of hydrogen-bond acceptors (Lipinski definition) is 2. The molecule has 0 bridgehead atoms. The summed E-state index contributed by atoms with van der Waals surface area (Å²) in [6.07, 6.45) is 18.5. The summed E-state index contributed by atoms with van der Waals surface area (Å²) in [5.41, 5.74) is 0.815. The van der Waals surface area contributed by atoms with Crippen molar-refractivity contribution in [2.75, 3.05) is 0 Å². The van der Waals surface area contributed by atoms with E-state index in [1.807, 2.05) is 0 Å². The summed E-state index contributed by atoms with van der Waals surface area (Å²) in [7, 11) is 0. The molecule has 0 aromatic rings. The first-order valence-electron chi connectivity index (χ1n) is 10.7. The zero-order valence-corrected chi connectivity index (χ0v) is 16.7. The lowest BCUT2D eigenvalue weighted by Gasteiger charge is -2.27. The van der Waals surface area contributed by atoms with Crippen molar-refractivity contribution in [3.8, 4) is 0 Å². The Hall–Kier alpha value is -0.920. The number of hydrogen-bond donors (Lipinski definition) is 0. The number of carbonyl (C=O) groups is 2. The molecular weight excluding hydrogens is 308 g/mol. The topological polar surface area (TPSA) is 34.1 Å². The van der Waals surface area contributed by atoms with Crippen LogP contribution in [-0.2, 0) is 9.59 Å². The van der Waals surface area contributed by atoms with Crippen LogP contribution in [0, 0.1) is 23.7 Å². The highest BCUT2D eigenvalue weighted by Crippen LogP contribution is 2.34. The highest BCUT2D eigenvalue weighted by atomic mass is 16.1. The van der Waals surface area contributed by atoms with E-state index in [9.17, 15) is 9.59 Å². The van der Waals surface area contributed by atoms with Gasteiger partial charge in [0.05, 0.1) is 0 Å². The molecule has 0 radical (unpaired) electrons. The lowest BCUT2D eigenvalue weighted by molar-refractivity contribution is -0.109. The molecule has 0 spiro atoms. The van der Waals surface area contributed by atoms with Gasteiger partial charge >= 0.3 is 0 Å². The summed E-state index contributed by atoms with van der Waals surface area (Å²) in [5, 5.41) is 0. The molecule has 2 nitrogen and oxygen atoms in total. The molecule has 0 atom stereocenters. The maximum atomic E-state index is 10.5. The second-order valence-corrected chi connectivity index (χ2v) is 8.28. The fourth-order valence-corrected chi connectivity index (χ4v) is 4.63. The molecule has 0 N–H and O–H groups in total. The number of carbonyl (C=O) groups excluding carboxylic acids is 2. The predicted molar refractivity (Wildman–Crippen MR) is 107 cm³/mol. The molecule has 2 rings (SSSR count). The van der Waals surface area contributed by atoms with Crippen molar-refractivity contribution in [1.29, 1.82) is 0 Å². The average molecular weight is 349 g/mol. The molecule has 25 heavy (non-hydrogen) atoms. The Balaban J connectivity index is 0.000000251. The second kappa shape index (κ2) is 13.3. The van der Waals surface area contributed by atoms with Gasteiger partial charge < -0.3 is 4.79 Å². The van der Waals surface area contributed by atoms with Gasteiger partial charge in [0.1, 0.15) is 12.6 Å².